The maximum absolute atomic E-state index is 2.54. The molecule has 0 saturated carbocycles. The van der Waals surface area contributed by atoms with Gasteiger partial charge in [0.2, 0.25) is 0 Å². The van der Waals surface area contributed by atoms with Crippen LogP contribution in [0.3, 0.4) is 0 Å². The van der Waals surface area contributed by atoms with Crippen LogP contribution in [0.25, 0.3) is 0 Å². The Bertz CT molecular complexity index is 460. The summed E-state index contributed by atoms with van der Waals surface area (Å²) in [6.07, 6.45) is 6.69. The summed E-state index contributed by atoms with van der Waals surface area (Å²) < 4.78 is 0. The van der Waals surface area contributed by atoms with Gasteiger partial charge in [0.05, 0.1) is 0 Å². The number of benzene rings is 1. The lowest BCUT2D eigenvalue weighted by atomic mass is 9.76. The van der Waals surface area contributed by atoms with E-state index in [1.54, 1.807) is 27.8 Å². The summed E-state index contributed by atoms with van der Waals surface area (Å²) in [7, 11) is 0. The van der Waals surface area contributed by atoms with E-state index < -0.39 is 0 Å². The molecule has 0 heterocycles. The maximum Gasteiger partial charge on any atom is -0.0126 e. The van der Waals surface area contributed by atoms with E-state index in [9.17, 15) is 0 Å². The molecule has 0 radical (unpaired) electrons. The van der Waals surface area contributed by atoms with Crippen LogP contribution >= 0.6 is 0 Å². The molecule has 0 saturated heterocycles. The molecule has 1 aromatic carbocycles. The second-order valence-corrected chi connectivity index (χ2v) is 7.01. The minimum Gasteiger partial charge on any atom is -0.0584 e. The normalized spacial score (nSPS) is 22.7. The Morgan fingerprint density at radius 2 is 1.82 bits per heavy atom. The zero-order valence-corrected chi connectivity index (χ0v) is 11.7. The molecule has 3 rings (SSSR count). The molecule has 17 heavy (non-hydrogen) atoms. The van der Waals surface area contributed by atoms with Gasteiger partial charge >= 0.3 is 0 Å². The summed E-state index contributed by atoms with van der Waals surface area (Å²) >= 11 is 0. The standard InChI is InChI=1S/C17H24/c1-11-8-9-13-10-12-6-5-7-14(12)16(15(11)13)17(2,3)4/h10-11H,5-9H2,1-4H3. The van der Waals surface area contributed by atoms with Crippen LogP contribution in [0, 0.1) is 0 Å². The van der Waals surface area contributed by atoms with Crippen molar-refractivity contribution in [1.82, 2.24) is 0 Å². The fourth-order valence-electron chi connectivity index (χ4n) is 3.97. The van der Waals surface area contributed by atoms with E-state index in [0.29, 0.717) is 5.41 Å². The van der Waals surface area contributed by atoms with Gasteiger partial charge < -0.3 is 0 Å². The molecule has 92 valence electrons. The van der Waals surface area contributed by atoms with Gasteiger partial charge in [0.25, 0.3) is 0 Å². The fraction of sp³-hybridized carbons (Fsp3) is 0.647. The highest BCUT2D eigenvalue weighted by Gasteiger charge is 2.32. The molecule has 0 bridgehead atoms. The van der Waals surface area contributed by atoms with Crippen molar-refractivity contribution in [2.24, 2.45) is 0 Å². The third-order valence-corrected chi connectivity index (χ3v) is 4.62. The Hall–Kier alpha value is -0.780. The van der Waals surface area contributed by atoms with Gasteiger partial charge in [-0.25, -0.2) is 0 Å². The van der Waals surface area contributed by atoms with Crippen LogP contribution in [-0.4, -0.2) is 0 Å². The topological polar surface area (TPSA) is 0 Å². The average Bonchev–Trinajstić information content (AvgIpc) is 2.81. The molecule has 0 aromatic heterocycles. The molecular weight excluding hydrogens is 204 g/mol. The van der Waals surface area contributed by atoms with E-state index in [2.05, 4.69) is 33.8 Å². The predicted octanol–water partition coefficient (Wildman–Crippen LogP) is 4.52. The largest absolute Gasteiger partial charge is 0.0584 e. The minimum atomic E-state index is 0.318. The van der Waals surface area contributed by atoms with Gasteiger partial charge in [0.15, 0.2) is 0 Å². The molecule has 0 amide bonds. The smallest absolute Gasteiger partial charge is 0.0126 e. The molecule has 2 aliphatic carbocycles. The van der Waals surface area contributed by atoms with Gasteiger partial charge in [-0.2, -0.15) is 0 Å². The van der Waals surface area contributed by atoms with Crippen molar-refractivity contribution in [2.75, 3.05) is 0 Å². The van der Waals surface area contributed by atoms with E-state index in [4.69, 9.17) is 0 Å². The van der Waals surface area contributed by atoms with E-state index in [1.165, 1.54) is 32.1 Å². The molecule has 1 atom stereocenters. The van der Waals surface area contributed by atoms with Crippen molar-refractivity contribution >= 4 is 0 Å². The number of fused-ring (bicyclic) bond motifs is 2. The number of rotatable bonds is 0. The molecule has 0 spiro atoms. The molecule has 2 aliphatic rings. The van der Waals surface area contributed by atoms with Crippen molar-refractivity contribution in [1.29, 1.82) is 0 Å². The van der Waals surface area contributed by atoms with Crippen molar-refractivity contribution in [2.45, 2.75) is 71.1 Å². The summed E-state index contributed by atoms with van der Waals surface area (Å²) in [4.78, 5) is 0. The Labute approximate surface area is 105 Å². The van der Waals surface area contributed by atoms with E-state index in [1.807, 2.05) is 0 Å². The maximum atomic E-state index is 2.54. The van der Waals surface area contributed by atoms with Gasteiger partial charge in [-0.15, -0.1) is 0 Å². The zero-order valence-electron chi connectivity index (χ0n) is 11.7. The van der Waals surface area contributed by atoms with Crippen LogP contribution in [0.4, 0.5) is 0 Å². The first-order valence-corrected chi connectivity index (χ1v) is 7.16. The summed E-state index contributed by atoms with van der Waals surface area (Å²) in [6.45, 7) is 9.60. The second kappa shape index (κ2) is 3.60. The first-order valence-electron chi connectivity index (χ1n) is 7.16. The van der Waals surface area contributed by atoms with Gasteiger partial charge in [-0.05, 0) is 71.3 Å². The lowest BCUT2D eigenvalue weighted by molar-refractivity contribution is 0.569. The van der Waals surface area contributed by atoms with Gasteiger partial charge in [-0.1, -0.05) is 33.8 Å². The molecular formula is C17H24. The highest BCUT2D eigenvalue weighted by Crippen LogP contribution is 2.45. The predicted molar refractivity (Wildman–Crippen MR) is 73.9 cm³/mol. The Morgan fingerprint density at radius 3 is 2.53 bits per heavy atom. The molecule has 0 fully saturated rings. The van der Waals surface area contributed by atoms with Crippen LogP contribution < -0.4 is 0 Å². The summed E-state index contributed by atoms with van der Waals surface area (Å²) in [5, 5.41) is 0. The third-order valence-electron chi connectivity index (χ3n) is 4.62. The highest BCUT2D eigenvalue weighted by atomic mass is 14.4. The van der Waals surface area contributed by atoms with Crippen LogP contribution in [0.15, 0.2) is 6.07 Å². The summed E-state index contributed by atoms with van der Waals surface area (Å²) in [5.41, 5.74) is 8.81. The number of aryl methyl sites for hydroxylation is 2. The molecule has 0 N–H and O–H groups in total. The van der Waals surface area contributed by atoms with Gasteiger partial charge in [0, 0.05) is 0 Å². The van der Waals surface area contributed by atoms with E-state index >= 15 is 0 Å². The SMILES string of the molecule is CC1CCc2cc3c(c(C(C)(C)C)c21)CCC3. The molecule has 0 heteroatoms. The molecule has 0 nitrogen and oxygen atoms in total. The Morgan fingerprint density at radius 1 is 1.06 bits per heavy atom. The number of hydrogen-bond donors (Lipinski definition) is 0. The fourth-order valence-corrected chi connectivity index (χ4v) is 3.97. The van der Waals surface area contributed by atoms with Gasteiger partial charge in [0.1, 0.15) is 0 Å². The quantitative estimate of drug-likeness (QED) is 0.612. The lowest BCUT2D eigenvalue weighted by Crippen LogP contribution is -2.18. The first kappa shape index (κ1) is 11.3. The zero-order chi connectivity index (χ0) is 12.2. The van der Waals surface area contributed by atoms with Crippen LogP contribution in [0.1, 0.15) is 74.3 Å². The number of hydrogen-bond acceptors (Lipinski definition) is 0. The summed E-state index contributed by atoms with van der Waals surface area (Å²) in [5.74, 6) is 0.783. The molecule has 1 unspecified atom stereocenters. The third kappa shape index (κ3) is 1.64. The second-order valence-electron chi connectivity index (χ2n) is 7.01. The molecule has 0 aliphatic heterocycles. The van der Waals surface area contributed by atoms with Gasteiger partial charge in [-0.3, -0.25) is 0 Å². The van der Waals surface area contributed by atoms with Crippen molar-refractivity contribution in [3.05, 3.63) is 33.9 Å². The van der Waals surface area contributed by atoms with Crippen molar-refractivity contribution in [3.63, 3.8) is 0 Å². The van der Waals surface area contributed by atoms with Crippen LogP contribution in [0.2, 0.25) is 0 Å². The van der Waals surface area contributed by atoms with Crippen molar-refractivity contribution < 1.29 is 0 Å². The first-order chi connectivity index (χ1) is 7.98. The Kier molecular flexibility index (Phi) is 2.40. The van der Waals surface area contributed by atoms with E-state index in [0.717, 1.165) is 5.92 Å². The van der Waals surface area contributed by atoms with Crippen LogP contribution in [-0.2, 0) is 24.7 Å². The summed E-state index contributed by atoms with van der Waals surface area (Å²) in [6, 6.07) is 2.54. The average molecular weight is 228 g/mol. The Balaban J connectivity index is 2.30. The monoisotopic (exact) mass is 228 g/mol. The van der Waals surface area contributed by atoms with Crippen molar-refractivity contribution in [3.8, 4) is 0 Å². The molecule has 1 aromatic rings. The minimum absolute atomic E-state index is 0.318. The highest BCUT2D eigenvalue weighted by molar-refractivity contribution is 5.54. The van der Waals surface area contributed by atoms with Crippen LogP contribution in [0.5, 0.6) is 0 Å². The lowest BCUT2D eigenvalue weighted by Gasteiger charge is -2.28. The van der Waals surface area contributed by atoms with E-state index in [-0.39, 0.29) is 0 Å².